The zero-order valence-electron chi connectivity index (χ0n) is 7.86. The van der Waals surface area contributed by atoms with Crippen LogP contribution in [-0.2, 0) is 12.6 Å². The molecule has 1 aromatic carbocycles. The molecule has 0 fully saturated rings. The van der Waals surface area contributed by atoms with Crippen molar-refractivity contribution in [1.29, 1.82) is 0 Å². The Morgan fingerprint density at radius 2 is 1.71 bits per heavy atom. The Labute approximate surface area is 81.1 Å². The molecule has 0 aliphatic heterocycles. The highest BCUT2D eigenvalue weighted by Crippen LogP contribution is 2.29. The first-order valence-corrected chi connectivity index (χ1v) is 4.20. The van der Waals surface area contributed by atoms with Gasteiger partial charge in [0.05, 0.1) is 5.56 Å². The zero-order chi connectivity index (χ0) is 10.8. The first-order valence-electron chi connectivity index (χ1n) is 4.20. The smallest absolute Gasteiger partial charge is 0.166 e. The quantitative estimate of drug-likeness (QED) is 0.636. The van der Waals surface area contributed by atoms with Gasteiger partial charge in [-0.15, -0.1) is 0 Å². The molecule has 0 heterocycles. The number of allylic oxidation sites excluding steroid dienone is 1. The van der Waals surface area contributed by atoms with Crippen molar-refractivity contribution < 1.29 is 13.2 Å². The van der Waals surface area contributed by atoms with Gasteiger partial charge in [-0.05, 0) is 31.0 Å². The van der Waals surface area contributed by atoms with Crippen molar-refractivity contribution in [3.8, 4) is 0 Å². The van der Waals surface area contributed by atoms with Crippen molar-refractivity contribution in [3.63, 3.8) is 0 Å². The molecule has 14 heavy (non-hydrogen) atoms. The molecule has 0 saturated carbocycles. The van der Waals surface area contributed by atoms with Crippen LogP contribution in [0.2, 0.25) is 0 Å². The zero-order valence-corrected chi connectivity index (χ0v) is 7.86. The summed E-state index contributed by atoms with van der Waals surface area (Å²) in [5.74, 6) is 0. The third kappa shape index (κ3) is 2.91. The molecule has 1 rings (SSSR count). The summed E-state index contributed by atoms with van der Waals surface area (Å²) in [6, 6.07) is 5.16. The van der Waals surface area contributed by atoms with E-state index in [4.69, 9.17) is 0 Å². The van der Waals surface area contributed by atoms with E-state index in [0.29, 0.717) is 6.42 Å². The van der Waals surface area contributed by atoms with Crippen LogP contribution >= 0.6 is 0 Å². The lowest BCUT2D eigenvalue weighted by atomic mass is 10.1. The molecule has 0 atom stereocenters. The van der Waals surface area contributed by atoms with Crippen molar-refractivity contribution in [2.45, 2.75) is 19.5 Å². The minimum absolute atomic E-state index is 0.608. The predicted molar refractivity (Wildman–Crippen MR) is 50.0 cm³/mol. The first kappa shape index (κ1) is 10.8. The second-order valence-electron chi connectivity index (χ2n) is 3.33. The molecule has 0 amide bonds. The summed E-state index contributed by atoms with van der Waals surface area (Å²) in [5.41, 5.74) is 1.18. The second-order valence-corrected chi connectivity index (χ2v) is 3.33. The number of rotatable bonds is 2. The van der Waals surface area contributed by atoms with Crippen LogP contribution in [0.15, 0.2) is 36.4 Å². The van der Waals surface area contributed by atoms with Crippen LogP contribution in [0, 0.1) is 0 Å². The van der Waals surface area contributed by atoms with E-state index in [1.807, 2.05) is 6.92 Å². The molecule has 0 radical (unpaired) electrons. The highest BCUT2D eigenvalue weighted by atomic mass is 19.4. The largest absolute Gasteiger partial charge is 0.416 e. The van der Waals surface area contributed by atoms with Gasteiger partial charge in [-0.25, -0.2) is 0 Å². The summed E-state index contributed by atoms with van der Waals surface area (Å²) < 4.78 is 36.5. The molecule has 0 aliphatic rings. The van der Waals surface area contributed by atoms with E-state index in [9.17, 15) is 13.2 Å². The topological polar surface area (TPSA) is 0 Å². The Morgan fingerprint density at radius 3 is 2.07 bits per heavy atom. The first-order chi connectivity index (χ1) is 6.39. The van der Waals surface area contributed by atoms with Gasteiger partial charge in [0.25, 0.3) is 0 Å². The van der Waals surface area contributed by atoms with Crippen molar-refractivity contribution in [1.82, 2.24) is 0 Å². The number of alkyl halides is 3. The number of hydrogen-bond acceptors (Lipinski definition) is 0. The number of halogens is 3. The van der Waals surface area contributed by atoms with Crippen molar-refractivity contribution in [3.05, 3.63) is 47.5 Å². The van der Waals surface area contributed by atoms with Gasteiger partial charge in [0.15, 0.2) is 0 Å². The molecule has 1 aromatic rings. The van der Waals surface area contributed by atoms with E-state index < -0.39 is 11.7 Å². The fourth-order valence-corrected chi connectivity index (χ4v) is 1.16. The Balaban J connectivity index is 2.84. The Bertz CT molecular complexity index is 319. The number of benzene rings is 1. The third-order valence-corrected chi connectivity index (χ3v) is 1.79. The molecule has 0 nitrogen and oxygen atoms in total. The van der Waals surface area contributed by atoms with Crippen LogP contribution in [0.4, 0.5) is 13.2 Å². The minimum Gasteiger partial charge on any atom is -0.166 e. The molecule has 0 aromatic heterocycles. The maximum atomic E-state index is 12.2. The summed E-state index contributed by atoms with van der Waals surface area (Å²) in [5, 5.41) is 0. The van der Waals surface area contributed by atoms with Crippen molar-refractivity contribution in [2.24, 2.45) is 0 Å². The molecule has 0 spiro atoms. The number of hydrogen-bond donors (Lipinski definition) is 0. The summed E-state index contributed by atoms with van der Waals surface area (Å²) in [4.78, 5) is 0. The molecule has 0 N–H and O–H groups in total. The van der Waals surface area contributed by atoms with Gasteiger partial charge >= 0.3 is 6.18 Å². The van der Waals surface area contributed by atoms with E-state index in [0.717, 1.165) is 23.3 Å². The SMILES string of the molecule is C=C(C)Cc1ccc(C(F)(F)F)cc1. The van der Waals surface area contributed by atoms with Crippen LogP contribution in [0.1, 0.15) is 18.1 Å². The standard InChI is InChI=1S/C11H11F3/c1-8(2)7-9-3-5-10(6-4-9)11(12,13)14/h3-6H,1,7H2,2H3. The third-order valence-electron chi connectivity index (χ3n) is 1.79. The Morgan fingerprint density at radius 1 is 1.21 bits per heavy atom. The van der Waals surface area contributed by atoms with Gasteiger partial charge in [-0.2, -0.15) is 13.2 Å². The van der Waals surface area contributed by atoms with Gasteiger partial charge in [0, 0.05) is 0 Å². The summed E-state index contributed by atoms with van der Waals surface area (Å²) in [7, 11) is 0. The van der Waals surface area contributed by atoms with E-state index in [1.54, 1.807) is 0 Å². The predicted octanol–water partition coefficient (Wildman–Crippen LogP) is 3.82. The lowest BCUT2D eigenvalue weighted by molar-refractivity contribution is -0.137. The Hall–Kier alpha value is -1.25. The van der Waals surface area contributed by atoms with Crippen LogP contribution in [0.25, 0.3) is 0 Å². The van der Waals surface area contributed by atoms with Crippen LogP contribution in [0.5, 0.6) is 0 Å². The van der Waals surface area contributed by atoms with Gasteiger partial charge in [-0.3, -0.25) is 0 Å². The van der Waals surface area contributed by atoms with Crippen LogP contribution < -0.4 is 0 Å². The van der Waals surface area contributed by atoms with Gasteiger partial charge < -0.3 is 0 Å². The van der Waals surface area contributed by atoms with E-state index in [-0.39, 0.29) is 0 Å². The summed E-state index contributed by atoms with van der Waals surface area (Å²) >= 11 is 0. The van der Waals surface area contributed by atoms with Gasteiger partial charge in [0.1, 0.15) is 0 Å². The molecular weight excluding hydrogens is 189 g/mol. The molecule has 3 heteroatoms. The molecule has 0 saturated heterocycles. The maximum Gasteiger partial charge on any atom is 0.416 e. The van der Waals surface area contributed by atoms with E-state index >= 15 is 0 Å². The van der Waals surface area contributed by atoms with Crippen LogP contribution in [-0.4, -0.2) is 0 Å². The molecule has 0 unspecified atom stereocenters. The summed E-state index contributed by atoms with van der Waals surface area (Å²) in [6.45, 7) is 5.54. The van der Waals surface area contributed by atoms with Crippen LogP contribution in [0.3, 0.4) is 0 Å². The Kier molecular flexibility index (Phi) is 2.99. The lowest BCUT2D eigenvalue weighted by Gasteiger charge is -2.07. The highest BCUT2D eigenvalue weighted by Gasteiger charge is 2.29. The average Bonchev–Trinajstić information content (AvgIpc) is 2.02. The lowest BCUT2D eigenvalue weighted by Crippen LogP contribution is -2.04. The maximum absolute atomic E-state index is 12.2. The summed E-state index contributed by atoms with van der Waals surface area (Å²) in [6.07, 6.45) is -3.63. The highest BCUT2D eigenvalue weighted by molar-refractivity contribution is 5.26. The van der Waals surface area contributed by atoms with E-state index in [2.05, 4.69) is 6.58 Å². The monoisotopic (exact) mass is 200 g/mol. The molecular formula is C11H11F3. The fourth-order valence-electron chi connectivity index (χ4n) is 1.16. The molecule has 0 aliphatic carbocycles. The van der Waals surface area contributed by atoms with E-state index in [1.165, 1.54) is 12.1 Å². The van der Waals surface area contributed by atoms with Crippen molar-refractivity contribution >= 4 is 0 Å². The van der Waals surface area contributed by atoms with Gasteiger partial charge in [0.2, 0.25) is 0 Å². The minimum atomic E-state index is -4.25. The molecule has 76 valence electrons. The average molecular weight is 200 g/mol. The second kappa shape index (κ2) is 3.86. The molecule has 0 bridgehead atoms. The van der Waals surface area contributed by atoms with Crippen molar-refractivity contribution in [2.75, 3.05) is 0 Å². The normalized spacial score (nSPS) is 11.4. The van der Waals surface area contributed by atoms with Gasteiger partial charge in [-0.1, -0.05) is 24.3 Å². The fraction of sp³-hybridized carbons (Fsp3) is 0.273.